The first-order valence-electron chi connectivity index (χ1n) is 6.59. The quantitative estimate of drug-likeness (QED) is 0.767. The molecule has 0 N–H and O–H groups in total. The van der Waals surface area contributed by atoms with Crippen LogP contribution in [0.25, 0.3) is 0 Å². The molecule has 0 heterocycles. The van der Waals surface area contributed by atoms with Crippen LogP contribution >= 0.6 is 0 Å². The van der Waals surface area contributed by atoms with Gasteiger partial charge in [-0.1, -0.05) is 31.4 Å². The lowest BCUT2D eigenvalue weighted by Crippen LogP contribution is -2.12. The summed E-state index contributed by atoms with van der Waals surface area (Å²) in [5.41, 5.74) is 1.39. The highest BCUT2D eigenvalue weighted by atomic mass is 16.6. The van der Waals surface area contributed by atoms with E-state index in [2.05, 4.69) is 16.9 Å². The number of carbonyl (C=O) groups excluding carboxylic acids is 1. The minimum atomic E-state index is -0.355. The standard InChI is InChI=1S/C15H20O3/c1-17-15(16)11-18-14-9-7-13(8-10-14)12-5-3-2-4-6-12/h7-10,12H,2-6,11H2,1H3. The predicted molar refractivity (Wildman–Crippen MR) is 69.8 cm³/mol. The molecule has 1 aliphatic rings. The minimum Gasteiger partial charge on any atom is -0.482 e. The molecule has 0 unspecified atom stereocenters. The molecule has 1 saturated carbocycles. The van der Waals surface area contributed by atoms with Crippen LogP contribution in [0.2, 0.25) is 0 Å². The molecular formula is C15H20O3. The summed E-state index contributed by atoms with van der Waals surface area (Å²) in [7, 11) is 1.36. The van der Waals surface area contributed by atoms with Crippen LogP contribution in [0, 0.1) is 0 Å². The van der Waals surface area contributed by atoms with E-state index in [1.54, 1.807) is 0 Å². The van der Waals surface area contributed by atoms with Crippen molar-refractivity contribution in [2.24, 2.45) is 0 Å². The zero-order valence-corrected chi connectivity index (χ0v) is 10.9. The second-order valence-corrected chi connectivity index (χ2v) is 4.77. The maximum atomic E-state index is 11.0. The van der Waals surface area contributed by atoms with Gasteiger partial charge in [-0.15, -0.1) is 0 Å². The van der Waals surface area contributed by atoms with Gasteiger partial charge in [-0.2, -0.15) is 0 Å². The van der Waals surface area contributed by atoms with Crippen LogP contribution in [-0.2, 0) is 9.53 Å². The Hall–Kier alpha value is -1.51. The van der Waals surface area contributed by atoms with Crippen LogP contribution in [0.3, 0.4) is 0 Å². The Bertz CT molecular complexity index is 377. The Kier molecular flexibility index (Phi) is 4.62. The molecule has 2 rings (SSSR count). The zero-order chi connectivity index (χ0) is 12.8. The summed E-state index contributed by atoms with van der Waals surface area (Å²) in [6, 6.07) is 8.10. The maximum Gasteiger partial charge on any atom is 0.343 e. The Morgan fingerprint density at radius 1 is 1.17 bits per heavy atom. The van der Waals surface area contributed by atoms with Crippen molar-refractivity contribution in [1.29, 1.82) is 0 Å². The van der Waals surface area contributed by atoms with Gasteiger partial charge >= 0.3 is 5.97 Å². The molecule has 0 atom stereocenters. The van der Waals surface area contributed by atoms with E-state index in [1.165, 1.54) is 44.8 Å². The highest BCUT2D eigenvalue weighted by Crippen LogP contribution is 2.33. The second kappa shape index (κ2) is 6.43. The van der Waals surface area contributed by atoms with E-state index in [0.29, 0.717) is 5.92 Å². The van der Waals surface area contributed by atoms with Crippen molar-refractivity contribution in [2.45, 2.75) is 38.0 Å². The Morgan fingerprint density at radius 3 is 2.44 bits per heavy atom. The first kappa shape index (κ1) is 12.9. The van der Waals surface area contributed by atoms with E-state index in [0.717, 1.165) is 5.75 Å². The van der Waals surface area contributed by atoms with Gasteiger partial charge < -0.3 is 9.47 Å². The summed E-state index contributed by atoms with van der Waals surface area (Å²) in [5, 5.41) is 0. The van der Waals surface area contributed by atoms with Crippen LogP contribution in [0.5, 0.6) is 5.75 Å². The molecule has 0 amide bonds. The average Bonchev–Trinajstić information content (AvgIpc) is 2.46. The summed E-state index contributed by atoms with van der Waals surface area (Å²) in [5.74, 6) is 1.07. The summed E-state index contributed by atoms with van der Waals surface area (Å²) in [6.07, 6.45) is 6.64. The molecule has 0 aromatic heterocycles. The molecule has 3 heteroatoms. The van der Waals surface area contributed by atoms with E-state index >= 15 is 0 Å². The van der Waals surface area contributed by atoms with E-state index in [1.807, 2.05) is 12.1 Å². The number of methoxy groups -OCH3 is 1. The zero-order valence-electron chi connectivity index (χ0n) is 10.9. The number of benzene rings is 1. The summed E-state index contributed by atoms with van der Waals surface area (Å²) < 4.78 is 9.85. The lowest BCUT2D eigenvalue weighted by Gasteiger charge is -2.22. The topological polar surface area (TPSA) is 35.5 Å². The fourth-order valence-corrected chi connectivity index (χ4v) is 2.47. The molecule has 1 aromatic rings. The van der Waals surface area contributed by atoms with Crippen LogP contribution in [0.15, 0.2) is 24.3 Å². The van der Waals surface area contributed by atoms with Crippen molar-refractivity contribution in [3.63, 3.8) is 0 Å². The molecule has 98 valence electrons. The molecule has 1 fully saturated rings. The number of hydrogen-bond acceptors (Lipinski definition) is 3. The van der Waals surface area contributed by atoms with Gasteiger partial charge in [-0.3, -0.25) is 0 Å². The van der Waals surface area contributed by atoms with E-state index in [9.17, 15) is 4.79 Å². The highest BCUT2D eigenvalue weighted by molar-refractivity contribution is 5.70. The fourth-order valence-electron chi connectivity index (χ4n) is 2.47. The number of rotatable bonds is 4. The SMILES string of the molecule is COC(=O)COc1ccc(C2CCCCC2)cc1. The smallest absolute Gasteiger partial charge is 0.343 e. The monoisotopic (exact) mass is 248 g/mol. The fraction of sp³-hybridized carbons (Fsp3) is 0.533. The van der Waals surface area contributed by atoms with Crippen LogP contribution in [0.4, 0.5) is 0 Å². The van der Waals surface area contributed by atoms with Crippen LogP contribution in [0.1, 0.15) is 43.6 Å². The lowest BCUT2D eigenvalue weighted by atomic mass is 9.84. The summed E-state index contributed by atoms with van der Waals surface area (Å²) >= 11 is 0. The molecule has 1 aromatic carbocycles. The van der Waals surface area contributed by atoms with Gasteiger partial charge in [0, 0.05) is 0 Å². The first-order chi connectivity index (χ1) is 8.79. The van der Waals surface area contributed by atoms with Crippen molar-refractivity contribution >= 4 is 5.97 Å². The maximum absolute atomic E-state index is 11.0. The first-order valence-corrected chi connectivity index (χ1v) is 6.59. The largest absolute Gasteiger partial charge is 0.482 e. The van der Waals surface area contributed by atoms with Gasteiger partial charge in [0.05, 0.1) is 7.11 Å². The molecule has 1 aliphatic carbocycles. The van der Waals surface area contributed by atoms with Gasteiger partial charge in [0.25, 0.3) is 0 Å². The van der Waals surface area contributed by atoms with Gasteiger partial charge in [0.2, 0.25) is 0 Å². The van der Waals surface area contributed by atoms with Gasteiger partial charge in [0.1, 0.15) is 5.75 Å². The number of esters is 1. The van der Waals surface area contributed by atoms with Crippen molar-refractivity contribution in [3.8, 4) is 5.75 Å². The minimum absolute atomic E-state index is 0.0285. The van der Waals surface area contributed by atoms with Crippen LogP contribution in [-0.4, -0.2) is 19.7 Å². The highest BCUT2D eigenvalue weighted by Gasteiger charge is 2.15. The average molecular weight is 248 g/mol. The molecule has 0 aliphatic heterocycles. The molecule has 18 heavy (non-hydrogen) atoms. The molecule has 0 saturated heterocycles. The number of carbonyl (C=O) groups is 1. The lowest BCUT2D eigenvalue weighted by molar-refractivity contribution is -0.142. The molecule has 0 radical (unpaired) electrons. The normalized spacial score (nSPS) is 16.3. The third kappa shape index (κ3) is 3.49. The van der Waals surface area contributed by atoms with Crippen molar-refractivity contribution < 1.29 is 14.3 Å². The number of ether oxygens (including phenoxy) is 2. The van der Waals surface area contributed by atoms with Gasteiger partial charge in [0.15, 0.2) is 6.61 Å². The van der Waals surface area contributed by atoms with Crippen molar-refractivity contribution in [1.82, 2.24) is 0 Å². The van der Waals surface area contributed by atoms with Crippen LogP contribution < -0.4 is 4.74 Å². The Labute approximate surface area is 108 Å². The van der Waals surface area contributed by atoms with Crippen molar-refractivity contribution in [3.05, 3.63) is 29.8 Å². The van der Waals surface area contributed by atoms with Crippen molar-refractivity contribution in [2.75, 3.05) is 13.7 Å². The third-order valence-corrected chi connectivity index (χ3v) is 3.54. The molecule has 0 bridgehead atoms. The Morgan fingerprint density at radius 2 is 1.83 bits per heavy atom. The summed E-state index contributed by atoms with van der Waals surface area (Å²) in [4.78, 5) is 11.0. The third-order valence-electron chi connectivity index (χ3n) is 3.54. The summed E-state index contributed by atoms with van der Waals surface area (Å²) in [6.45, 7) is -0.0285. The molecule has 3 nitrogen and oxygen atoms in total. The van der Waals surface area contributed by atoms with E-state index in [-0.39, 0.29) is 12.6 Å². The predicted octanol–water partition coefficient (Wildman–Crippen LogP) is 3.29. The second-order valence-electron chi connectivity index (χ2n) is 4.77. The van der Waals surface area contributed by atoms with E-state index < -0.39 is 0 Å². The van der Waals surface area contributed by atoms with Gasteiger partial charge in [-0.25, -0.2) is 4.79 Å². The number of hydrogen-bond donors (Lipinski definition) is 0. The van der Waals surface area contributed by atoms with E-state index in [4.69, 9.17) is 4.74 Å². The van der Waals surface area contributed by atoms with Gasteiger partial charge in [-0.05, 0) is 36.5 Å². The molecule has 0 spiro atoms. The Balaban J connectivity index is 1.90. The molecular weight excluding hydrogens is 228 g/mol.